The summed E-state index contributed by atoms with van der Waals surface area (Å²) in [4.78, 5) is 15.6. The van der Waals surface area contributed by atoms with Gasteiger partial charge >= 0.3 is 0 Å². The topological polar surface area (TPSA) is 38.8 Å². The lowest BCUT2D eigenvalue weighted by molar-refractivity contribution is 0.0614. The average Bonchev–Trinajstić information content (AvgIpc) is 3.26. The van der Waals surface area contributed by atoms with Crippen molar-refractivity contribution < 1.29 is 14.3 Å². The molecule has 1 heterocycles. The molecule has 4 rings (SSSR count). The number of fused-ring (bicyclic) bond motifs is 1. The third kappa shape index (κ3) is 4.97. The summed E-state index contributed by atoms with van der Waals surface area (Å²) >= 11 is 0. The van der Waals surface area contributed by atoms with Gasteiger partial charge in [0.25, 0.3) is 5.91 Å². The van der Waals surface area contributed by atoms with Crippen molar-refractivity contribution in [2.75, 3.05) is 6.79 Å². The summed E-state index contributed by atoms with van der Waals surface area (Å²) in [5.74, 6) is 1.70. The molecule has 4 nitrogen and oxygen atoms in total. The minimum Gasteiger partial charge on any atom is -0.454 e. The van der Waals surface area contributed by atoms with Gasteiger partial charge in [-0.05, 0) is 61.1 Å². The maximum Gasteiger partial charge on any atom is 0.254 e. The van der Waals surface area contributed by atoms with Crippen LogP contribution < -0.4 is 9.47 Å². The Morgan fingerprint density at radius 2 is 1.67 bits per heavy atom. The molecular formula is C26H33NO3. The Balaban J connectivity index is 1.50. The number of ether oxygens (including phenoxy) is 2. The standard InChI is InChI=1S/C26H33NO3/c1-2-3-5-8-20-11-14-22(15-12-20)26(28)27(23-9-6-4-7-10-23)18-21-13-16-24-25(17-21)30-19-29-24/h11-17,23H,2-10,18-19H2,1H3. The molecule has 0 radical (unpaired) electrons. The van der Waals surface area contributed by atoms with E-state index in [0.29, 0.717) is 12.6 Å². The summed E-state index contributed by atoms with van der Waals surface area (Å²) in [6, 6.07) is 14.6. The van der Waals surface area contributed by atoms with E-state index in [1.54, 1.807) is 0 Å². The van der Waals surface area contributed by atoms with Gasteiger partial charge in [0.1, 0.15) is 0 Å². The molecular weight excluding hydrogens is 374 g/mol. The van der Waals surface area contributed by atoms with Crippen molar-refractivity contribution >= 4 is 5.91 Å². The van der Waals surface area contributed by atoms with E-state index in [2.05, 4.69) is 24.0 Å². The zero-order valence-corrected chi connectivity index (χ0v) is 18.1. The lowest BCUT2D eigenvalue weighted by Crippen LogP contribution is -2.41. The molecule has 1 aliphatic carbocycles. The van der Waals surface area contributed by atoms with Gasteiger partial charge in [-0.3, -0.25) is 4.79 Å². The Kier molecular flexibility index (Phi) is 6.93. The summed E-state index contributed by atoms with van der Waals surface area (Å²) < 4.78 is 11.0. The molecule has 1 aliphatic heterocycles. The van der Waals surface area contributed by atoms with Crippen LogP contribution in [-0.2, 0) is 13.0 Å². The highest BCUT2D eigenvalue weighted by Crippen LogP contribution is 2.34. The number of carbonyl (C=O) groups excluding carboxylic acids is 1. The fourth-order valence-corrected chi connectivity index (χ4v) is 4.55. The first-order valence-electron chi connectivity index (χ1n) is 11.5. The van der Waals surface area contributed by atoms with Gasteiger partial charge in [-0.1, -0.05) is 57.2 Å². The minimum atomic E-state index is 0.139. The number of hydrogen-bond acceptors (Lipinski definition) is 3. The fraction of sp³-hybridized carbons (Fsp3) is 0.500. The quantitative estimate of drug-likeness (QED) is 0.495. The van der Waals surface area contributed by atoms with Crippen LogP contribution in [0, 0.1) is 0 Å². The van der Waals surface area contributed by atoms with E-state index in [1.165, 1.54) is 44.1 Å². The zero-order valence-electron chi connectivity index (χ0n) is 18.1. The van der Waals surface area contributed by atoms with E-state index in [4.69, 9.17) is 9.47 Å². The Morgan fingerprint density at radius 3 is 2.43 bits per heavy atom. The van der Waals surface area contributed by atoms with Gasteiger partial charge in [0.05, 0.1) is 0 Å². The summed E-state index contributed by atoms with van der Waals surface area (Å²) in [7, 11) is 0. The Labute approximate surface area is 180 Å². The maximum atomic E-state index is 13.5. The first kappa shape index (κ1) is 20.8. The highest BCUT2D eigenvalue weighted by molar-refractivity contribution is 5.94. The number of unbranched alkanes of at least 4 members (excludes halogenated alkanes) is 2. The molecule has 0 aromatic heterocycles. The molecule has 0 saturated heterocycles. The smallest absolute Gasteiger partial charge is 0.254 e. The van der Waals surface area contributed by atoms with Gasteiger partial charge in [0.2, 0.25) is 6.79 Å². The summed E-state index contributed by atoms with van der Waals surface area (Å²) in [5, 5.41) is 0. The molecule has 30 heavy (non-hydrogen) atoms. The van der Waals surface area contributed by atoms with Crippen LogP contribution in [0.2, 0.25) is 0 Å². The van der Waals surface area contributed by atoms with Crippen molar-refractivity contribution in [2.24, 2.45) is 0 Å². The van der Waals surface area contributed by atoms with E-state index < -0.39 is 0 Å². The van der Waals surface area contributed by atoms with Crippen molar-refractivity contribution in [3.63, 3.8) is 0 Å². The van der Waals surface area contributed by atoms with Gasteiger partial charge in [0.15, 0.2) is 11.5 Å². The summed E-state index contributed by atoms with van der Waals surface area (Å²) in [5.41, 5.74) is 3.20. The molecule has 4 heteroatoms. The first-order chi connectivity index (χ1) is 14.7. The molecule has 2 aliphatic rings. The van der Waals surface area contributed by atoms with E-state index in [9.17, 15) is 4.79 Å². The lowest BCUT2D eigenvalue weighted by Gasteiger charge is -2.34. The highest BCUT2D eigenvalue weighted by atomic mass is 16.7. The predicted molar refractivity (Wildman–Crippen MR) is 119 cm³/mol. The Morgan fingerprint density at radius 1 is 0.933 bits per heavy atom. The third-order valence-electron chi connectivity index (χ3n) is 6.34. The molecule has 0 atom stereocenters. The number of rotatable bonds is 8. The van der Waals surface area contributed by atoms with Crippen LogP contribution in [0.15, 0.2) is 42.5 Å². The van der Waals surface area contributed by atoms with Crippen molar-refractivity contribution in [2.45, 2.75) is 77.3 Å². The Hall–Kier alpha value is -2.49. The molecule has 1 amide bonds. The molecule has 0 N–H and O–H groups in total. The van der Waals surface area contributed by atoms with E-state index in [0.717, 1.165) is 41.9 Å². The molecule has 0 bridgehead atoms. The highest BCUT2D eigenvalue weighted by Gasteiger charge is 2.27. The SMILES string of the molecule is CCCCCc1ccc(C(=O)N(Cc2ccc3c(c2)OCO3)C2CCCCC2)cc1. The number of hydrogen-bond donors (Lipinski definition) is 0. The van der Waals surface area contributed by atoms with Gasteiger partial charge in [-0.15, -0.1) is 0 Å². The van der Waals surface area contributed by atoms with Crippen LogP contribution in [0.3, 0.4) is 0 Å². The van der Waals surface area contributed by atoms with Crippen LogP contribution in [0.5, 0.6) is 11.5 Å². The van der Waals surface area contributed by atoms with Crippen LogP contribution in [0.25, 0.3) is 0 Å². The second kappa shape index (κ2) is 10.0. The van der Waals surface area contributed by atoms with E-state index >= 15 is 0 Å². The zero-order chi connectivity index (χ0) is 20.8. The van der Waals surface area contributed by atoms with Gasteiger partial charge in [-0.25, -0.2) is 0 Å². The largest absolute Gasteiger partial charge is 0.454 e. The maximum absolute atomic E-state index is 13.5. The first-order valence-corrected chi connectivity index (χ1v) is 11.5. The molecule has 160 valence electrons. The normalized spacial score (nSPS) is 15.9. The lowest BCUT2D eigenvalue weighted by atomic mass is 9.93. The molecule has 1 fully saturated rings. The number of benzene rings is 2. The fourth-order valence-electron chi connectivity index (χ4n) is 4.55. The molecule has 2 aromatic rings. The van der Waals surface area contributed by atoms with Crippen molar-refractivity contribution in [3.8, 4) is 11.5 Å². The molecule has 1 saturated carbocycles. The number of aryl methyl sites for hydroxylation is 1. The molecule has 0 unspecified atom stereocenters. The van der Waals surface area contributed by atoms with Gasteiger partial charge < -0.3 is 14.4 Å². The number of carbonyl (C=O) groups is 1. The number of amides is 1. The van der Waals surface area contributed by atoms with Crippen molar-refractivity contribution in [3.05, 3.63) is 59.2 Å². The minimum absolute atomic E-state index is 0.139. The average molecular weight is 408 g/mol. The molecule has 0 spiro atoms. The van der Waals surface area contributed by atoms with Crippen LogP contribution >= 0.6 is 0 Å². The number of nitrogens with zero attached hydrogens (tertiary/aromatic N) is 1. The van der Waals surface area contributed by atoms with Gasteiger partial charge in [-0.2, -0.15) is 0 Å². The van der Waals surface area contributed by atoms with Crippen LogP contribution in [0.4, 0.5) is 0 Å². The second-order valence-corrected chi connectivity index (χ2v) is 8.57. The Bertz CT molecular complexity index is 840. The third-order valence-corrected chi connectivity index (χ3v) is 6.34. The van der Waals surface area contributed by atoms with E-state index in [1.807, 2.05) is 30.3 Å². The summed E-state index contributed by atoms with van der Waals surface area (Å²) in [6.07, 6.45) is 10.6. The van der Waals surface area contributed by atoms with Crippen molar-refractivity contribution in [1.29, 1.82) is 0 Å². The second-order valence-electron chi connectivity index (χ2n) is 8.57. The van der Waals surface area contributed by atoms with Crippen molar-refractivity contribution in [1.82, 2.24) is 4.90 Å². The van der Waals surface area contributed by atoms with Gasteiger partial charge in [0, 0.05) is 18.2 Å². The van der Waals surface area contributed by atoms with E-state index in [-0.39, 0.29) is 12.7 Å². The van der Waals surface area contributed by atoms with Crippen LogP contribution in [0.1, 0.15) is 79.8 Å². The predicted octanol–water partition coefficient (Wildman–Crippen LogP) is 6.12. The van der Waals surface area contributed by atoms with Crippen LogP contribution in [-0.4, -0.2) is 23.6 Å². The molecule has 2 aromatic carbocycles. The monoisotopic (exact) mass is 407 g/mol. The summed E-state index contributed by atoms with van der Waals surface area (Å²) in [6.45, 7) is 3.11.